The van der Waals surface area contributed by atoms with Crippen molar-refractivity contribution < 1.29 is 4.74 Å². The van der Waals surface area contributed by atoms with Crippen LogP contribution in [0.3, 0.4) is 0 Å². The summed E-state index contributed by atoms with van der Waals surface area (Å²) in [4.78, 5) is 2.44. The molecular weight excluding hydrogens is 236 g/mol. The van der Waals surface area contributed by atoms with Crippen molar-refractivity contribution in [3.05, 3.63) is 0 Å². The van der Waals surface area contributed by atoms with E-state index in [4.69, 9.17) is 4.74 Å². The van der Waals surface area contributed by atoms with E-state index in [-0.39, 0.29) is 5.54 Å². The van der Waals surface area contributed by atoms with Crippen LogP contribution in [0.2, 0.25) is 0 Å². The van der Waals surface area contributed by atoms with E-state index in [2.05, 4.69) is 52.0 Å². The fraction of sp³-hybridized carbons (Fsp3) is 1.00. The molecule has 114 valence electrons. The lowest BCUT2D eigenvalue weighted by molar-refractivity contribution is -0.0189. The molecule has 0 aromatic heterocycles. The number of ether oxygens (including phenoxy) is 1. The Morgan fingerprint density at radius 3 is 2.53 bits per heavy atom. The Kier molecular flexibility index (Phi) is 6.78. The number of nitrogens with zero attached hydrogens (tertiary/aromatic N) is 1. The summed E-state index contributed by atoms with van der Waals surface area (Å²) < 4.78 is 5.93. The van der Waals surface area contributed by atoms with Crippen molar-refractivity contribution in [1.29, 1.82) is 0 Å². The highest BCUT2D eigenvalue weighted by molar-refractivity contribution is 5.01. The third kappa shape index (κ3) is 4.44. The monoisotopic (exact) mass is 270 g/mol. The smallest absolute Gasteiger partial charge is 0.0641 e. The standard InChI is InChI=1S/C16H34N2O/c1-7-17-15(12-19-13(2)3)16(18(5)6)10-8-9-14(4)11-16/h13-15,17H,7-12H2,1-6H3. The average molecular weight is 270 g/mol. The first kappa shape index (κ1) is 16.9. The zero-order valence-corrected chi connectivity index (χ0v) is 13.8. The molecule has 3 nitrogen and oxygen atoms in total. The zero-order valence-electron chi connectivity index (χ0n) is 13.8. The minimum atomic E-state index is 0.253. The van der Waals surface area contributed by atoms with E-state index in [0.29, 0.717) is 12.1 Å². The van der Waals surface area contributed by atoms with Gasteiger partial charge in [-0.25, -0.2) is 0 Å². The van der Waals surface area contributed by atoms with Gasteiger partial charge >= 0.3 is 0 Å². The normalized spacial score (nSPS) is 30.0. The van der Waals surface area contributed by atoms with Crippen LogP contribution in [0.1, 0.15) is 53.4 Å². The predicted octanol–water partition coefficient (Wildman–Crippen LogP) is 2.90. The summed E-state index contributed by atoms with van der Waals surface area (Å²) in [5.74, 6) is 0.816. The van der Waals surface area contributed by atoms with Crippen LogP contribution < -0.4 is 5.32 Å². The maximum Gasteiger partial charge on any atom is 0.0641 e. The third-order valence-electron chi connectivity index (χ3n) is 4.59. The number of rotatable bonds is 7. The SMILES string of the molecule is CCNC(COC(C)C)C1(N(C)C)CCCC(C)C1. The molecule has 1 N–H and O–H groups in total. The molecule has 19 heavy (non-hydrogen) atoms. The van der Waals surface area contributed by atoms with Gasteiger partial charge in [0.05, 0.1) is 12.7 Å². The first-order valence-corrected chi connectivity index (χ1v) is 7.94. The van der Waals surface area contributed by atoms with E-state index in [1.165, 1.54) is 25.7 Å². The van der Waals surface area contributed by atoms with Crippen molar-refractivity contribution in [1.82, 2.24) is 10.2 Å². The highest BCUT2D eigenvalue weighted by Crippen LogP contribution is 2.38. The quantitative estimate of drug-likeness (QED) is 0.770. The van der Waals surface area contributed by atoms with Crippen LogP contribution in [0.5, 0.6) is 0 Å². The Hall–Kier alpha value is -0.120. The van der Waals surface area contributed by atoms with Crippen LogP contribution in [-0.4, -0.2) is 49.8 Å². The van der Waals surface area contributed by atoms with Crippen molar-refractivity contribution in [2.24, 2.45) is 5.92 Å². The fourth-order valence-electron chi connectivity index (χ4n) is 3.54. The van der Waals surface area contributed by atoms with E-state index in [1.54, 1.807) is 0 Å². The van der Waals surface area contributed by atoms with Gasteiger partial charge in [0.25, 0.3) is 0 Å². The molecule has 0 saturated heterocycles. The molecule has 0 aromatic rings. The largest absolute Gasteiger partial charge is 0.377 e. The van der Waals surface area contributed by atoms with Gasteiger partial charge in [0.2, 0.25) is 0 Å². The van der Waals surface area contributed by atoms with Crippen LogP contribution in [0.4, 0.5) is 0 Å². The van der Waals surface area contributed by atoms with E-state index in [9.17, 15) is 0 Å². The second-order valence-electron chi connectivity index (χ2n) is 6.69. The Morgan fingerprint density at radius 2 is 2.05 bits per heavy atom. The summed E-state index contributed by atoms with van der Waals surface area (Å²) in [6.45, 7) is 10.7. The number of hydrogen-bond acceptors (Lipinski definition) is 3. The first-order chi connectivity index (χ1) is 8.92. The molecule has 0 bridgehead atoms. The van der Waals surface area contributed by atoms with Crippen LogP contribution in [-0.2, 0) is 4.74 Å². The van der Waals surface area contributed by atoms with Crippen LogP contribution >= 0.6 is 0 Å². The van der Waals surface area contributed by atoms with E-state index >= 15 is 0 Å². The molecule has 0 amide bonds. The minimum Gasteiger partial charge on any atom is -0.377 e. The van der Waals surface area contributed by atoms with Gasteiger partial charge in [-0.1, -0.05) is 26.7 Å². The summed E-state index contributed by atoms with van der Waals surface area (Å²) in [6, 6.07) is 0.428. The van der Waals surface area contributed by atoms with Crippen molar-refractivity contribution in [3.63, 3.8) is 0 Å². The highest BCUT2D eigenvalue weighted by Gasteiger charge is 2.43. The molecule has 0 aliphatic heterocycles. The summed E-state index contributed by atoms with van der Waals surface area (Å²) in [7, 11) is 4.47. The molecular formula is C16H34N2O. The molecule has 3 unspecified atom stereocenters. The topological polar surface area (TPSA) is 24.5 Å². The minimum absolute atomic E-state index is 0.253. The number of likely N-dealkylation sites (N-methyl/N-ethyl adjacent to an activating group) is 2. The molecule has 0 aromatic carbocycles. The van der Waals surface area contributed by atoms with Crippen molar-refractivity contribution in [2.75, 3.05) is 27.2 Å². The molecule has 1 fully saturated rings. The van der Waals surface area contributed by atoms with Gasteiger partial charge in [-0.3, -0.25) is 0 Å². The molecule has 1 rings (SSSR count). The number of nitrogens with one attached hydrogen (secondary N) is 1. The fourth-order valence-corrected chi connectivity index (χ4v) is 3.54. The van der Waals surface area contributed by atoms with E-state index in [1.807, 2.05) is 0 Å². The summed E-state index contributed by atoms with van der Waals surface area (Å²) in [5.41, 5.74) is 0.253. The maximum absolute atomic E-state index is 5.93. The zero-order chi connectivity index (χ0) is 14.5. The van der Waals surface area contributed by atoms with Gasteiger partial charge in [-0.05, 0) is 53.2 Å². The van der Waals surface area contributed by atoms with Gasteiger partial charge in [0.1, 0.15) is 0 Å². The summed E-state index contributed by atoms with van der Waals surface area (Å²) in [5, 5.41) is 3.68. The Labute approximate surface area is 120 Å². The maximum atomic E-state index is 5.93. The second kappa shape index (κ2) is 7.61. The number of hydrogen-bond donors (Lipinski definition) is 1. The molecule has 1 aliphatic carbocycles. The lowest BCUT2D eigenvalue weighted by Gasteiger charge is -2.50. The summed E-state index contributed by atoms with van der Waals surface area (Å²) >= 11 is 0. The van der Waals surface area contributed by atoms with Gasteiger partial charge in [0.15, 0.2) is 0 Å². The lowest BCUT2D eigenvalue weighted by atomic mass is 9.71. The van der Waals surface area contributed by atoms with E-state index < -0.39 is 0 Å². The molecule has 0 radical (unpaired) electrons. The molecule has 3 heteroatoms. The Bertz CT molecular complexity index is 255. The molecule has 1 saturated carbocycles. The predicted molar refractivity (Wildman–Crippen MR) is 82.6 cm³/mol. The van der Waals surface area contributed by atoms with E-state index in [0.717, 1.165) is 19.1 Å². The van der Waals surface area contributed by atoms with Crippen molar-refractivity contribution in [3.8, 4) is 0 Å². The van der Waals surface area contributed by atoms with Gasteiger partial charge in [0, 0.05) is 11.6 Å². The first-order valence-electron chi connectivity index (χ1n) is 7.94. The highest BCUT2D eigenvalue weighted by atomic mass is 16.5. The third-order valence-corrected chi connectivity index (χ3v) is 4.59. The average Bonchev–Trinajstić information content (AvgIpc) is 2.33. The van der Waals surface area contributed by atoms with Crippen LogP contribution in [0.15, 0.2) is 0 Å². The van der Waals surface area contributed by atoms with Crippen LogP contribution in [0, 0.1) is 5.92 Å². The van der Waals surface area contributed by atoms with Crippen LogP contribution in [0.25, 0.3) is 0 Å². The molecule has 3 atom stereocenters. The molecule has 0 spiro atoms. The molecule has 0 heterocycles. The van der Waals surface area contributed by atoms with Gasteiger partial charge < -0.3 is 15.0 Å². The van der Waals surface area contributed by atoms with Gasteiger partial charge in [-0.15, -0.1) is 0 Å². The lowest BCUT2D eigenvalue weighted by Crippen LogP contribution is -2.62. The molecule has 1 aliphatic rings. The van der Waals surface area contributed by atoms with Crippen molar-refractivity contribution >= 4 is 0 Å². The van der Waals surface area contributed by atoms with Crippen molar-refractivity contribution in [2.45, 2.75) is 71.1 Å². The Morgan fingerprint density at radius 1 is 1.37 bits per heavy atom. The Balaban J connectivity index is 2.84. The van der Waals surface area contributed by atoms with Gasteiger partial charge in [-0.2, -0.15) is 0 Å². The summed E-state index contributed by atoms with van der Waals surface area (Å²) in [6.07, 6.45) is 5.58. The second-order valence-corrected chi connectivity index (χ2v) is 6.69.